The molecule has 2 atom stereocenters. The summed E-state index contributed by atoms with van der Waals surface area (Å²) in [5.41, 5.74) is 9.15. The van der Waals surface area contributed by atoms with Gasteiger partial charge in [-0.25, -0.2) is 0 Å². The fourth-order valence-electron chi connectivity index (χ4n) is 4.69. The highest BCUT2D eigenvalue weighted by molar-refractivity contribution is 6.42. The van der Waals surface area contributed by atoms with Gasteiger partial charge in [0.15, 0.2) is 0 Å². The largest absolute Gasteiger partial charge is 0.461 e. The minimum Gasteiger partial charge on any atom is -0.461 e. The van der Waals surface area contributed by atoms with Crippen LogP contribution >= 0.6 is 46.4 Å². The third kappa shape index (κ3) is 8.03. The van der Waals surface area contributed by atoms with Crippen molar-refractivity contribution in [2.45, 2.75) is 31.4 Å². The number of rotatable bonds is 9. The Hall–Kier alpha value is -2.48. The lowest BCUT2D eigenvalue weighted by Crippen LogP contribution is -2.39. The van der Waals surface area contributed by atoms with Crippen molar-refractivity contribution in [2.24, 2.45) is 0 Å². The van der Waals surface area contributed by atoms with E-state index in [0.717, 1.165) is 23.2 Å². The van der Waals surface area contributed by atoms with E-state index >= 15 is 0 Å². The second-order valence-corrected chi connectivity index (χ2v) is 11.3. The van der Waals surface area contributed by atoms with Gasteiger partial charge in [-0.3, -0.25) is 14.5 Å². The number of hydrogen-bond donors (Lipinski definition) is 1. The summed E-state index contributed by atoms with van der Waals surface area (Å²) < 4.78 is 5.75. The van der Waals surface area contributed by atoms with Crippen LogP contribution in [-0.4, -0.2) is 54.5 Å². The summed E-state index contributed by atoms with van der Waals surface area (Å²) in [7, 11) is 1.79. The first-order valence-electron chi connectivity index (χ1n) is 12.5. The van der Waals surface area contributed by atoms with Crippen LogP contribution in [0.3, 0.4) is 0 Å². The van der Waals surface area contributed by atoms with Crippen molar-refractivity contribution in [3.8, 4) is 0 Å². The van der Waals surface area contributed by atoms with Crippen LogP contribution < -0.4 is 5.73 Å². The second kappa shape index (κ2) is 13.2. The molecule has 1 aliphatic heterocycles. The van der Waals surface area contributed by atoms with Crippen molar-refractivity contribution in [1.29, 1.82) is 0 Å². The van der Waals surface area contributed by atoms with E-state index in [0.29, 0.717) is 45.3 Å². The molecule has 4 rings (SSSR count). The molecule has 1 saturated heterocycles. The van der Waals surface area contributed by atoms with E-state index in [4.69, 9.17) is 56.9 Å². The number of ether oxygens (including phenoxy) is 1. The van der Waals surface area contributed by atoms with Crippen molar-refractivity contribution in [2.75, 3.05) is 32.4 Å². The van der Waals surface area contributed by atoms with E-state index in [1.54, 1.807) is 48.3 Å². The Labute approximate surface area is 248 Å². The highest BCUT2D eigenvalue weighted by Gasteiger charge is 2.31. The Morgan fingerprint density at radius 1 is 0.949 bits per heavy atom. The lowest BCUT2D eigenvalue weighted by atomic mass is 10.0. The molecule has 2 N–H and O–H groups in total. The number of carbonyl (C=O) groups is 2. The fraction of sp³-hybridized carbons (Fsp3) is 0.310. The third-order valence-corrected chi connectivity index (χ3v) is 8.26. The van der Waals surface area contributed by atoms with Crippen molar-refractivity contribution < 1.29 is 14.3 Å². The predicted molar refractivity (Wildman–Crippen MR) is 158 cm³/mol. The number of hydrogen-bond acceptors (Lipinski definition) is 5. The number of anilines is 1. The SMILES string of the molecule is CN(C(=O)Cc1ccc(Cl)c(Cl)c1)[C@H](CN1CC[C@H](OC(=O)Cc2ccc(Cl)c(Cl)c2)C1)c1cccc(N)c1. The molecule has 10 heteroatoms. The smallest absolute Gasteiger partial charge is 0.310 e. The molecule has 1 heterocycles. The average molecular weight is 609 g/mol. The van der Waals surface area contributed by atoms with Crippen molar-refractivity contribution in [3.05, 3.63) is 97.4 Å². The number of benzene rings is 3. The molecule has 0 spiro atoms. The van der Waals surface area contributed by atoms with Gasteiger partial charge in [-0.05, 0) is 59.5 Å². The Morgan fingerprint density at radius 3 is 2.21 bits per heavy atom. The number of carbonyl (C=O) groups excluding carboxylic acids is 2. The summed E-state index contributed by atoms with van der Waals surface area (Å²) in [5.74, 6) is -0.383. The monoisotopic (exact) mass is 607 g/mol. The lowest BCUT2D eigenvalue weighted by molar-refractivity contribution is -0.147. The Bertz CT molecular complexity index is 1350. The molecule has 0 radical (unpaired) electrons. The summed E-state index contributed by atoms with van der Waals surface area (Å²) in [6.45, 7) is 1.87. The normalized spacial score (nSPS) is 16.2. The average Bonchev–Trinajstić information content (AvgIpc) is 3.33. The Kier molecular flexibility index (Phi) is 10.0. The number of likely N-dealkylation sites (N-methyl/N-ethyl adjacent to an activating group) is 1. The summed E-state index contributed by atoms with van der Waals surface area (Å²) in [6.07, 6.45) is 0.767. The van der Waals surface area contributed by atoms with Crippen LogP contribution in [0.25, 0.3) is 0 Å². The van der Waals surface area contributed by atoms with Crippen molar-refractivity contribution in [3.63, 3.8) is 0 Å². The number of halogens is 4. The van der Waals surface area contributed by atoms with Crippen LogP contribution in [0.15, 0.2) is 60.7 Å². The topological polar surface area (TPSA) is 75.9 Å². The van der Waals surface area contributed by atoms with E-state index in [1.165, 1.54) is 0 Å². The lowest BCUT2D eigenvalue weighted by Gasteiger charge is -2.32. The van der Waals surface area contributed by atoms with Crippen LogP contribution in [-0.2, 0) is 27.2 Å². The van der Waals surface area contributed by atoms with Gasteiger partial charge in [0.1, 0.15) is 6.10 Å². The van der Waals surface area contributed by atoms with Gasteiger partial charge < -0.3 is 15.4 Å². The molecule has 0 saturated carbocycles. The van der Waals surface area contributed by atoms with Gasteiger partial charge in [0, 0.05) is 32.4 Å². The third-order valence-electron chi connectivity index (χ3n) is 6.79. The van der Waals surface area contributed by atoms with Crippen molar-refractivity contribution in [1.82, 2.24) is 9.80 Å². The first-order valence-corrected chi connectivity index (χ1v) is 14.0. The number of nitrogen functional groups attached to an aromatic ring is 1. The molecule has 3 aromatic rings. The van der Waals surface area contributed by atoms with E-state index in [-0.39, 0.29) is 36.9 Å². The highest BCUT2D eigenvalue weighted by Crippen LogP contribution is 2.28. The second-order valence-electron chi connectivity index (χ2n) is 9.70. The van der Waals surface area contributed by atoms with Crippen LogP contribution in [0.1, 0.15) is 29.2 Å². The van der Waals surface area contributed by atoms with Crippen LogP contribution in [0.4, 0.5) is 5.69 Å². The minimum atomic E-state index is -0.318. The molecular formula is C29H29Cl4N3O3. The number of nitrogens with zero attached hydrogens (tertiary/aromatic N) is 2. The van der Waals surface area contributed by atoms with Gasteiger partial charge in [0.2, 0.25) is 5.91 Å². The molecule has 39 heavy (non-hydrogen) atoms. The first kappa shape index (κ1) is 29.5. The summed E-state index contributed by atoms with van der Waals surface area (Å²) in [6, 6.07) is 17.6. The number of nitrogens with two attached hydrogens (primary N) is 1. The van der Waals surface area contributed by atoms with E-state index in [1.807, 2.05) is 24.3 Å². The Morgan fingerprint density at radius 2 is 1.59 bits per heavy atom. The molecule has 0 aliphatic carbocycles. The van der Waals surface area contributed by atoms with Gasteiger partial charge in [-0.2, -0.15) is 0 Å². The summed E-state index contributed by atoms with van der Waals surface area (Å²) in [4.78, 5) is 29.8. The Balaban J connectivity index is 1.40. The number of likely N-dealkylation sites (tertiary alicyclic amines) is 1. The van der Waals surface area contributed by atoms with Gasteiger partial charge in [-0.15, -0.1) is 0 Å². The minimum absolute atomic E-state index is 0.0652. The molecule has 206 valence electrons. The summed E-state index contributed by atoms with van der Waals surface area (Å²) >= 11 is 24.2. The zero-order valence-electron chi connectivity index (χ0n) is 21.4. The van der Waals surface area contributed by atoms with Gasteiger partial charge in [0.25, 0.3) is 0 Å². The number of esters is 1. The molecule has 6 nitrogen and oxygen atoms in total. The quantitative estimate of drug-likeness (QED) is 0.222. The predicted octanol–water partition coefficient (Wildman–Crippen LogP) is 6.48. The fourth-order valence-corrected chi connectivity index (χ4v) is 5.33. The molecule has 0 unspecified atom stereocenters. The molecule has 0 aromatic heterocycles. The maximum atomic E-state index is 13.3. The molecule has 1 amide bonds. The van der Waals surface area contributed by atoms with Gasteiger partial charge in [-0.1, -0.05) is 70.7 Å². The zero-order valence-corrected chi connectivity index (χ0v) is 24.4. The zero-order chi connectivity index (χ0) is 28.1. The molecule has 1 aliphatic rings. The van der Waals surface area contributed by atoms with Crippen LogP contribution in [0.5, 0.6) is 0 Å². The maximum absolute atomic E-state index is 13.3. The molecule has 0 bridgehead atoms. The molecular weight excluding hydrogens is 580 g/mol. The standard InChI is InChI=1S/C29H29Cl4N3O3/c1-35(28(37)13-18-5-7-23(30)25(32)11-18)27(20-3-2-4-21(34)15-20)17-36-10-9-22(16-36)39-29(38)14-19-6-8-24(31)26(33)12-19/h2-8,11-12,15,22,27H,9-10,13-14,16-17,34H2,1H3/t22-,27+/m0/s1. The van der Waals surface area contributed by atoms with E-state index in [2.05, 4.69) is 4.90 Å². The molecule has 1 fully saturated rings. The summed E-state index contributed by atoms with van der Waals surface area (Å²) in [5, 5.41) is 1.70. The van der Waals surface area contributed by atoms with E-state index in [9.17, 15) is 9.59 Å². The van der Waals surface area contributed by atoms with Crippen LogP contribution in [0, 0.1) is 0 Å². The first-order chi connectivity index (χ1) is 18.6. The van der Waals surface area contributed by atoms with Gasteiger partial charge >= 0.3 is 5.97 Å². The van der Waals surface area contributed by atoms with E-state index < -0.39 is 0 Å². The van der Waals surface area contributed by atoms with Gasteiger partial charge in [0.05, 0.1) is 39.0 Å². The number of amides is 1. The van der Waals surface area contributed by atoms with Crippen molar-refractivity contribution >= 4 is 64.0 Å². The maximum Gasteiger partial charge on any atom is 0.310 e. The highest BCUT2D eigenvalue weighted by atomic mass is 35.5. The van der Waals surface area contributed by atoms with Crippen LogP contribution in [0.2, 0.25) is 20.1 Å². The molecule has 3 aromatic carbocycles.